The Labute approximate surface area is 216 Å². The smallest absolute Gasteiger partial charge is 0.433 e. The van der Waals surface area contributed by atoms with Crippen LogP contribution in [-0.4, -0.2) is 36.2 Å². The van der Waals surface area contributed by atoms with Gasteiger partial charge in [0, 0.05) is 24.5 Å². The number of sulfonamides is 1. The van der Waals surface area contributed by atoms with Crippen molar-refractivity contribution in [2.24, 2.45) is 0 Å². The Balaban J connectivity index is 1.24. The Kier molecular flexibility index (Phi) is 6.84. The molecule has 2 aromatic heterocycles. The molecule has 2 aromatic carbocycles. The van der Waals surface area contributed by atoms with Crippen molar-refractivity contribution in [1.82, 2.24) is 14.6 Å². The molecule has 0 aliphatic carbocycles. The van der Waals surface area contributed by atoms with Gasteiger partial charge in [0.05, 0.1) is 6.20 Å². The van der Waals surface area contributed by atoms with Gasteiger partial charge in [0.25, 0.3) is 10.0 Å². The first-order chi connectivity index (χ1) is 18.1. The molecule has 38 heavy (non-hydrogen) atoms. The monoisotopic (exact) mass is 545 g/mol. The lowest BCUT2D eigenvalue weighted by Gasteiger charge is -2.22. The number of aromatic nitrogens is 1. The molecule has 1 aliphatic heterocycles. The lowest BCUT2D eigenvalue weighted by Crippen LogP contribution is -2.45. The zero-order valence-electron chi connectivity index (χ0n) is 19.8. The van der Waals surface area contributed by atoms with E-state index in [4.69, 9.17) is 9.15 Å². The van der Waals surface area contributed by atoms with Crippen LogP contribution in [0.4, 0.5) is 13.2 Å². The van der Waals surface area contributed by atoms with Crippen molar-refractivity contribution in [2.45, 2.75) is 36.7 Å². The predicted octanol–water partition coefficient (Wildman–Crippen LogP) is 5.11. The third kappa shape index (κ3) is 5.36. The van der Waals surface area contributed by atoms with Crippen LogP contribution < -0.4 is 10.1 Å². The Morgan fingerprint density at radius 2 is 1.89 bits per heavy atom. The topological polar surface area (TPSA) is 102 Å². The number of hydrogen-bond acceptors (Lipinski definition) is 6. The van der Waals surface area contributed by atoms with Crippen molar-refractivity contribution >= 4 is 26.9 Å². The van der Waals surface area contributed by atoms with Crippen molar-refractivity contribution in [1.29, 1.82) is 0 Å². The lowest BCUT2D eigenvalue weighted by molar-refractivity contribution is -0.141. The van der Waals surface area contributed by atoms with Gasteiger partial charge in [0.15, 0.2) is 0 Å². The molecule has 1 saturated heterocycles. The van der Waals surface area contributed by atoms with Crippen LogP contribution in [0.15, 0.2) is 82.4 Å². The van der Waals surface area contributed by atoms with Gasteiger partial charge in [-0.2, -0.15) is 17.5 Å². The van der Waals surface area contributed by atoms with Crippen LogP contribution in [0.25, 0.3) is 11.0 Å². The summed E-state index contributed by atoms with van der Waals surface area (Å²) in [6, 6.07) is 16.1. The molecule has 1 N–H and O–H groups in total. The molecule has 5 rings (SSSR count). The van der Waals surface area contributed by atoms with Crippen molar-refractivity contribution in [2.75, 3.05) is 6.54 Å². The molecule has 198 valence electrons. The molecule has 0 saturated carbocycles. The van der Waals surface area contributed by atoms with Crippen molar-refractivity contribution in [3.63, 3.8) is 0 Å². The molecule has 0 radical (unpaired) electrons. The minimum atomic E-state index is -4.54. The number of carbonyl (C=O) groups is 1. The van der Waals surface area contributed by atoms with E-state index in [9.17, 15) is 26.4 Å². The van der Waals surface area contributed by atoms with Crippen LogP contribution >= 0.6 is 0 Å². The van der Waals surface area contributed by atoms with E-state index in [0.29, 0.717) is 35.1 Å². The Morgan fingerprint density at radius 1 is 1.08 bits per heavy atom. The summed E-state index contributed by atoms with van der Waals surface area (Å²) in [4.78, 5) is 16.4. The van der Waals surface area contributed by atoms with Crippen LogP contribution in [0, 0.1) is 0 Å². The first-order valence-corrected chi connectivity index (χ1v) is 13.1. The number of alkyl halides is 3. The summed E-state index contributed by atoms with van der Waals surface area (Å²) in [6.07, 6.45) is -2.66. The number of pyridine rings is 1. The number of para-hydroxylation sites is 1. The summed E-state index contributed by atoms with van der Waals surface area (Å²) in [5.41, 5.74) is 0.0745. The predicted molar refractivity (Wildman–Crippen MR) is 131 cm³/mol. The number of fused-ring (bicyclic) bond motifs is 1. The molecule has 8 nitrogen and oxygen atoms in total. The number of rotatable bonds is 7. The average molecular weight is 546 g/mol. The maximum Gasteiger partial charge on any atom is 0.433 e. The summed E-state index contributed by atoms with van der Waals surface area (Å²) in [5, 5.41) is 3.21. The maximum atomic E-state index is 13.3. The second-order valence-corrected chi connectivity index (χ2v) is 10.5. The number of furan rings is 1. The summed E-state index contributed by atoms with van der Waals surface area (Å²) in [6.45, 7) is 0.290. The zero-order valence-corrected chi connectivity index (χ0v) is 20.6. The van der Waals surface area contributed by atoms with Crippen LogP contribution in [0.5, 0.6) is 11.5 Å². The fourth-order valence-corrected chi connectivity index (χ4v) is 5.87. The second-order valence-electron chi connectivity index (χ2n) is 8.72. The number of nitrogens with zero attached hydrogens (tertiary/aromatic N) is 2. The van der Waals surface area contributed by atoms with E-state index < -0.39 is 33.8 Å². The van der Waals surface area contributed by atoms with E-state index >= 15 is 0 Å². The van der Waals surface area contributed by atoms with Gasteiger partial charge in [-0.1, -0.05) is 30.3 Å². The molecular weight excluding hydrogens is 523 g/mol. The van der Waals surface area contributed by atoms with E-state index in [0.717, 1.165) is 16.6 Å². The highest BCUT2D eigenvalue weighted by molar-refractivity contribution is 7.89. The zero-order chi connectivity index (χ0) is 26.9. The minimum absolute atomic E-state index is 0.0936. The van der Waals surface area contributed by atoms with Crippen molar-refractivity contribution in [3.8, 4) is 11.5 Å². The summed E-state index contributed by atoms with van der Waals surface area (Å²) in [5.74, 6) is 0.0188. The highest BCUT2D eigenvalue weighted by Crippen LogP contribution is 2.31. The summed E-state index contributed by atoms with van der Waals surface area (Å²) >= 11 is 0. The van der Waals surface area contributed by atoms with E-state index in [2.05, 4.69) is 10.3 Å². The highest BCUT2D eigenvalue weighted by Gasteiger charge is 2.41. The Bertz CT molecular complexity index is 1540. The molecule has 1 amide bonds. The molecular formula is C26H22F3N3O5S. The summed E-state index contributed by atoms with van der Waals surface area (Å²) in [7, 11) is -4.02. The molecule has 0 bridgehead atoms. The van der Waals surface area contributed by atoms with Gasteiger partial charge >= 0.3 is 6.18 Å². The van der Waals surface area contributed by atoms with E-state index in [-0.39, 0.29) is 23.9 Å². The summed E-state index contributed by atoms with van der Waals surface area (Å²) < 4.78 is 76.9. The largest absolute Gasteiger partial charge is 0.456 e. The number of hydrogen-bond donors (Lipinski definition) is 1. The van der Waals surface area contributed by atoms with Crippen LogP contribution in [-0.2, 0) is 27.5 Å². The minimum Gasteiger partial charge on any atom is -0.456 e. The third-order valence-corrected chi connectivity index (χ3v) is 7.86. The molecule has 1 aliphatic rings. The number of halogens is 3. The third-order valence-electron chi connectivity index (χ3n) is 6.10. The molecule has 1 fully saturated rings. The molecule has 4 aromatic rings. The standard InChI is InChI=1S/C26H22F3N3O5S/c27-26(28,29)23-11-10-20(16-30-23)36-19-7-3-5-17(13-19)15-31-25(33)21-8-4-12-32(21)38(34,35)24-14-18-6-1-2-9-22(18)37-24/h1-3,5-7,9-11,13-14,16,21H,4,8,12,15H2,(H,31,33). The number of benzene rings is 2. The maximum absolute atomic E-state index is 13.3. The molecule has 12 heteroatoms. The quantitative estimate of drug-likeness (QED) is 0.346. The fourth-order valence-electron chi connectivity index (χ4n) is 4.26. The number of ether oxygens (including phenoxy) is 1. The van der Waals surface area contributed by atoms with Gasteiger partial charge in [0.2, 0.25) is 11.0 Å². The highest BCUT2D eigenvalue weighted by atomic mass is 32.2. The number of carbonyl (C=O) groups excluding carboxylic acids is 1. The number of nitrogens with one attached hydrogen (secondary N) is 1. The lowest BCUT2D eigenvalue weighted by atomic mass is 10.2. The van der Waals surface area contributed by atoms with Crippen LogP contribution in [0.3, 0.4) is 0 Å². The van der Waals surface area contributed by atoms with Gasteiger partial charge < -0.3 is 14.5 Å². The van der Waals surface area contributed by atoms with Crippen molar-refractivity contribution in [3.05, 3.63) is 84.2 Å². The van der Waals surface area contributed by atoms with Crippen LogP contribution in [0.1, 0.15) is 24.1 Å². The van der Waals surface area contributed by atoms with Crippen molar-refractivity contribution < 1.29 is 35.5 Å². The molecule has 0 spiro atoms. The molecule has 1 atom stereocenters. The van der Waals surface area contributed by atoms with E-state index in [1.807, 2.05) is 0 Å². The van der Waals surface area contributed by atoms with Gasteiger partial charge in [-0.3, -0.25) is 4.79 Å². The van der Waals surface area contributed by atoms with Gasteiger partial charge in [0.1, 0.15) is 28.8 Å². The first kappa shape index (κ1) is 25.7. The van der Waals surface area contributed by atoms with Gasteiger partial charge in [-0.25, -0.2) is 13.4 Å². The van der Waals surface area contributed by atoms with E-state index in [1.165, 1.54) is 12.1 Å². The molecule has 3 heterocycles. The number of amides is 1. The van der Waals surface area contributed by atoms with E-state index in [1.54, 1.807) is 48.5 Å². The van der Waals surface area contributed by atoms with Crippen LogP contribution in [0.2, 0.25) is 0 Å². The SMILES string of the molecule is O=C(NCc1cccc(Oc2ccc(C(F)(F)F)nc2)c1)C1CCCN1S(=O)(=O)c1cc2ccccc2o1. The molecule has 1 unspecified atom stereocenters. The average Bonchev–Trinajstić information content (AvgIpc) is 3.56. The second kappa shape index (κ2) is 10.1. The Hall–Kier alpha value is -3.90. The first-order valence-electron chi connectivity index (χ1n) is 11.7. The fraction of sp³-hybridized carbons (Fsp3) is 0.231. The Morgan fingerprint density at radius 3 is 2.63 bits per heavy atom. The normalized spacial score (nSPS) is 16.6. The van der Waals surface area contributed by atoms with Gasteiger partial charge in [-0.05, 0) is 48.7 Å². The van der Waals surface area contributed by atoms with Gasteiger partial charge in [-0.15, -0.1) is 0 Å².